The second-order valence-corrected chi connectivity index (χ2v) is 8.96. The zero-order valence-corrected chi connectivity index (χ0v) is 19.3. The highest BCUT2D eigenvalue weighted by atomic mass is 127. The van der Waals surface area contributed by atoms with Gasteiger partial charge in [-0.05, 0) is 75.7 Å². The molecule has 2 heterocycles. The fraction of sp³-hybridized carbons (Fsp3) is 0.0769. The first-order valence-corrected chi connectivity index (χ1v) is 11.4. The minimum atomic E-state index is -0.109. The minimum absolute atomic E-state index is 0.109. The fourth-order valence-corrected chi connectivity index (χ4v) is 4.16. The molecule has 0 aromatic heterocycles. The molecule has 0 fully saturated rings. The van der Waals surface area contributed by atoms with Gasteiger partial charge in [-0.15, -0.1) is 0 Å². The first kappa shape index (κ1) is 20.5. The summed E-state index contributed by atoms with van der Waals surface area (Å²) in [5.41, 5.74) is 5.14. The van der Waals surface area contributed by atoms with Crippen LogP contribution in [0.15, 0.2) is 89.9 Å². The first-order valence-electron chi connectivity index (χ1n) is 10.3. The summed E-state index contributed by atoms with van der Waals surface area (Å²) in [6.45, 7) is 0. The van der Waals surface area contributed by atoms with E-state index in [-0.39, 0.29) is 11.3 Å². The van der Waals surface area contributed by atoms with Gasteiger partial charge in [-0.25, -0.2) is 4.98 Å². The summed E-state index contributed by atoms with van der Waals surface area (Å²) in [6.07, 6.45) is 2.90. The number of hydrogen-bond donors (Lipinski definition) is 2. The van der Waals surface area contributed by atoms with E-state index in [2.05, 4.69) is 39.7 Å². The van der Waals surface area contributed by atoms with Crippen molar-refractivity contribution in [3.63, 3.8) is 0 Å². The molecule has 3 aromatic carbocycles. The predicted molar refractivity (Wildman–Crippen MR) is 134 cm³/mol. The molecule has 0 bridgehead atoms. The van der Waals surface area contributed by atoms with Crippen molar-refractivity contribution < 1.29 is 5.11 Å². The smallest absolute Gasteiger partial charge is 0.278 e. The number of phenols is 1. The number of nitrogens with zero attached hydrogens (tertiary/aromatic N) is 2. The third-order valence-electron chi connectivity index (χ3n) is 5.44. The maximum absolute atomic E-state index is 13.3. The van der Waals surface area contributed by atoms with Gasteiger partial charge in [0, 0.05) is 22.6 Å². The molecule has 5 rings (SSSR count). The van der Waals surface area contributed by atoms with E-state index < -0.39 is 0 Å². The molecule has 6 heteroatoms. The number of H-pyrrole nitrogens is 1. The summed E-state index contributed by atoms with van der Waals surface area (Å²) in [6, 6.07) is 25.2. The van der Waals surface area contributed by atoms with Crippen molar-refractivity contribution in [3.05, 3.63) is 121 Å². The maximum Gasteiger partial charge on any atom is 0.278 e. The molecular weight excluding hydrogens is 513 g/mol. The van der Waals surface area contributed by atoms with E-state index in [1.165, 1.54) is 0 Å². The molecule has 5 nitrogen and oxygen atoms in total. The van der Waals surface area contributed by atoms with E-state index in [0.717, 1.165) is 31.6 Å². The summed E-state index contributed by atoms with van der Waals surface area (Å²) in [4.78, 5) is 21.5. The van der Waals surface area contributed by atoms with Crippen molar-refractivity contribution in [1.29, 1.82) is 0 Å². The molecule has 0 radical (unpaired) electrons. The van der Waals surface area contributed by atoms with E-state index in [1.807, 2.05) is 54.6 Å². The Morgan fingerprint density at radius 1 is 0.875 bits per heavy atom. The standard InChI is InChI=1S/C26H20IN3O2/c27-20-10-6-18(7-11-20)15-23-26(32)30-16-24(19-8-12-21(31)13-9-19)28-22(25(30)29-23)14-17-4-2-1-3-5-17/h1-13,16,28,31H,14-15H2. The Morgan fingerprint density at radius 3 is 2.28 bits per heavy atom. The van der Waals surface area contributed by atoms with Gasteiger partial charge in [-0.1, -0.05) is 42.5 Å². The Kier molecular flexibility index (Phi) is 5.53. The SMILES string of the molecule is O=c1c(Cc2ccc(I)cc2)nc2c(Cc3ccccc3)[nH]c(-c3ccc(O)cc3)cn1-2. The van der Waals surface area contributed by atoms with E-state index >= 15 is 0 Å². The Hall–Kier alpha value is -3.39. The van der Waals surface area contributed by atoms with Crippen molar-refractivity contribution >= 4 is 22.6 Å². The molecular formula is C26H20IN3O2. The summed E-state index contributed by atoms with van der Waals surface area (Å²) in [7, 11) is 0. The van der Waals surface area contributed by atoms with E-state index in [4.69, 9.17) is 4.98 Å². The van der Waals surface area contributed by atoms with E-state index in [0.29, 0.717) is 24.4 Å². The first-order chi connectivity index (χ1) is 15.6. The molecule has 0 unspecified atom stereocenters. The number of aromatic amines is 1. The van der Waals surface area contributed by atoms with E-state index in [1.54, 1.807) is 22.9 Å². The number of nitrogens with one attached hydrogen (secondary N) is 1. The molecule has 0 atom stereocenters. The second-order valence-electron chi connectivity index (χ2n) is 7.72. The van der Waals surface area contributed by atoms with Crippen LogP contribution in [-0.4, -0.2) is 19.6 Å². The zero-order chi connectivity index (χ0) is 22.1. The third-order valence-corrected chi connectivity index (χ3v) is 6.15. The number of hydrogen-bond acceptors (Lipinski definition) is 3. The highest BCUT2D eigenvalue weighted by Gasteiger charge is 2.20. The third kappa shape index (κ3) is 4.18. The monoisotopic (exact) mass is 533 g/mol. The number of benzene rings is 3. The van der Waals surface area contributed by atoms with Crippen molar-refractivity contribution in [3.8, 4) is 22.8 Å². The molecule has 0 aliphatic carbocycles. The average Bonchev–Trinajstić information content (AvgIpc) is 3.12. The normalized spacial score (nSPS) is 11.2. The van der Waals surface area contributed by atoms with Gasteiger partial charge < -0.3 is 10.1 Å². The van der Waals surface area contributed by atoms with Gasteiger partial charge in [0.1, 0.15) is 11.4 Å². The maximum atomic E-state index is 13.3. The second kappa shape index (κ2) is 8.63. The summed E-state index contributed by atoms with van der Waals surface area (Å²) < 4.78 is 2.79. The molecule has 2 N–H and O–H groups in total. The molecule has 3 aromatic rings. The van der Waals surface area contributed by atoms with Crippen LogP contribution in [-0.2, 0) is 12.8 Å². The molecule has 2 aliphatic heterocycles. The largest absolute Gasteiger partial charge is 0.508 e. The van der Waals surface area contributed by atoms with Gasteiger partial charge in [-0.2, -0.15) is 0 Å². The van der Waals surface area contributed by atoms with Gasteiger partial charge in [-0.3, -0.25) is 9.36 Å². The van der Waals surface area contributed by atoms with Crippen molar-refractivity contribution in [2.45, 2.75) is 12.8 Å². The molecule has 2 aliphatic rings. The van der Waals surface area contributed by atoms with Crippen molar-refractivity contribution in [2.24, 2.45) is 0 Å². The number of imidazole rings is 1. The summed E-state index contributed by atoms with van der Waals surface area (Å²) >= 11 is 2.27. The number of fused-ring (bicyclic) bond motifs is 1. The summed E-state index contributed by atoms with van der Waals surface area (Å²) in [5.74, 6) is 0.841. The summed E-state index contributed by atoms with van der Waals surface area (Å²) in [5, 5.41) is 9.65. The predicted octanol–water partition coefficient (Wildman–Crippen LogP) is 5.16. The Bertz CT molecular complexity index is 1390. The van der Waals surface area contributed by atoms with Crippen LogP contribution >= 0.6 is 22.6 Å². The van der Waals surface area contributed by atoms with Gasteiger partial charge >= 0.3 is 0 Å². The van der Waals surface area contributed by atoms with Crippen molar-refractivity contribution in [2.75, 3.05) is 0 Å². The van der Waals surface area contributed by atoms with Gasteiger partial charge in [0.25, 0.3) is 5.56 Å². The van der Waals surface area contributed by atoms with E-state index in [9.17, 15) is 9.90 Å². The van der Waals surface area contributed by atoms with Crippen LogP contribution in [0.3, 0.4) is 0 Å². The highest BCUT2D eigenvalue weighted by molar-refractivity contribution is 14.1. The number of aromatic hydroxyl groups is 1. The molecule has 0 saturated heterocycles. The number of rotatable bonds is 5. The fourth-order valence-electron chi connectivity index (χ4n) is 3.80. The topological polar surface area (TPSA) is 70.9 Å². The minimum Gasteiger partial charge on any atom is -0.508 e. The Balaban J connectivity index is 1.63. The van der Waals surface area contributed by atoms with Crippen LogP contribution in [0.2, 0.25) is 0 Å². The molecule has 0 saturated carbocycles. The molecule has 32 heavy (non-hydrogen) atoms. The van der Waals surface area contributed by atoms with Crippen LogP contribution in [0.25, 0.3) is 17.1 Å². The van der Waals surface area contributed by atoms with Gasteiger partial charge in [0.2, 0.25) is 0 Å². The molecule has 0 amide bonds. The Labute approximate surface area is 198 Å². The molecule has 158 valence electrons. The van der Waals surface area contributed by atoms with Gasteiger partial charge in [0.05, 0.1) is 11.4 Å². The van der Waals surface area contributed by atoms with Crippen LogP contribution in [0.1, 0.15) is 22.5 Å². The van der Waals surface area contributed by atoms with Crippen molar-refractivity contribution in [1.82, 2.24) is 14.5 Å². The van der Waals surface area contributed by atoms with Crippen LogP contribution in [0.4, 0.5) is 0 Å². The zero-order valence-electron chi connectivity index (χ0n) is 17.1. The van der Waals surface area contributed by atoms with Crippen LogP contribution < -0.4 is 5.56 Å². The molecule has 0 spiro atoms. The lowest BCUT2D eigenvalue weighted by molar-refractivity contribution is 0.475. The average molecular weight is 533 g/mol. The van der Waals surface area contributed by atoms with Crippen LogP contribution in [0.5, 0.6) is 5.75 Å². The number of phenolic OH excluding ortho intramolecular Hbond substituents is 1. The lowest BCUT2D eigenvalue weighted by atomic mass is 10.1. The number of halogens is 1. The lowest BCUT2D eigenvalue weighted by Crippen LogP contribution is -2.17. The quantitative estimate of drug-likeness (QED) is 0.307. The lowest BCUT2D eigenvalue weighted by Gasteiger charge is -2.13. The van der Waals surface area contributed by atoms with Crippen LogP contribution in [0, 0.1) is 3.57 Å². The highest BCUT2D eigenvalue weighted by Crippen LogP contribution is 2.25. The Morgan fingerprint density at radius 2 is 1.56 bits per heavy atom. The van der Waals surface area contributed by atoms with Gasteiger partial charge in [0.15, 0.2) is 5.82 Å². The number of aromatic nitrogens is 3.